The molecule has 1 saturated carbocycles. The molecular weight excluding hydrogens is 597 g/mol. The van der Waals surface area contributed by atoms with Crippen LogP contribution in [0.15, 0.2) is 77.0 Å². The first-order chi connectivity index (χ1) is 23.5. The number of aryl methyl sites for hydroxylation is 1. The van der Waals surface area contributed by atoms with Crippen LogP contribution in [0.5, 0.6) is 0 Å². The molecule has 0 aliphatic heterocycles. The van der Waals surface area contributed by atoms with Crippen LogP contribution in [0.1, 0.15) is 157 Å². The summed E-state index contributed by atoms with van der Waals surface area (Å²) in [4.78, 5) is 12.7. The first-order valence-electron chi connectivity index (χ1n) is 18.9. The minimum Gasteiger partial charge on any atom is -0.387 e. The molecule has 0 saturated heterocycles. The molecule has 2 aromatic rings. The van der Waals surface area contributed by atoms with E-state index in [4.69, 9.17) is 4.79 Å². The molecule has 3 rings (SSSR count). The predicted molar refractivity (Wildman–Crippen MR) is 223 cm³/mol. The standard InChI is InChI=1S/2C13H16.C9H20.C7H14N2.C2H4O.C2H6/c1-11(13-9-5-6-10-13)12-7-3-2-4-8-12;1-10(2)9-12(4)13-8-6-5-7-11(13)3;1-4-7-8-9(5-2)6-3;1-6(2)7(9-4)5-8-3;1-2-3;1-2/h3,7-8,11,13H,5-6,9-10H2,1H3;5-9H,4H2,1-3H3;9H,4-8H2,1-3H3;5,9H,1-4H3;2H,1H3;1-2H3. The number of carbonyl (C=O) groups is 1. The van der Waals surface area contributed by atoms with Gasteiger partial charge in [0.2, 0.25) is 0 Å². The van der Waals surface area contributed by atoms with Crippen LogP contribution in [-0.2, 0) is 4.79 Å². The lowest BCUT2D eigenvalue weighted by Crippen LogP contribution is -2.08. The highest BCUT2D eigenvalue weighted by atomic mass is 16.1. The average Bonchev–Trinajstić information content (AvgIpc) is 3.65. The van der Waals surface area contributed by atoms with Crippen molar-refractivity contribution in [2.75, 3.05) is 14.1 Å². The predicted octanol–water partition coefficient (Wildman–Crippen LogP) is 13.6. The lowest BCUT2D eigenvalue weighted by Gasteiger charge is -2.18. The van der Waals surface area contributed by atoms with E-state index in [1.807, 2.05) is 53.1 Å². The second-order valence-electron chi connectivity index (χ2n) is 12.8. The van der Waals surface area contributed by atoms with Crippen molar-refractivity contribution in [2.45, 2.75) is 147 Å². The van der Waals surface area contributed by atoms with Gasteiger partial charge < -0.3 is 10.1 Å². The van der Waals surface area contributed by atoms with E-state index in [0.29, 0.717) is 5.92 Å². The van der Waals surface area contributed by atoms with Gasteiger partial charge in [0, 0.05) is 20.3 Å². The zero-order valence-corrected chi connectivity index (χ0v) is 34.4. The fourth-order valence-corrected chi connectivity index (χ4v) is 5.49. The van der Waals surface area contributed by atoms with Gasteiger partial charge in [0.15, 0.2) is 0 Å². The molecule has 1 fully saturated rings. The van der Waals surface area contributed by atoms with Crippen LogP contribution in [0.25, 0.3) is 5.57 Å². The zero-order valence-electron chi connectivity index (χ0n) is 34.4. The Morgan fingerprint density at radius 2 is 1.59 bits per heavy atom. The van der Waals surface area contributed by atoms with E-state index >= 15 is 0 Å². The van der Waals surface area contributed by atoms with Gasteiger partial charge in [-0.05, 0) is 113 Å². The summed E-state index contributed by atoms with van der Waals surface area (Å²) in [5.74, 6) is 2.63. The number of nitrogens with zero attached hydrogens (tertiary/aromatic N) is 1. The SMILES string of the molecule is C=C(C=C(C)C)c1ccccc1C.CC.CC(c1cc#ccc1)C1CCCC1.CC=O.CCCCC(CC)CC.CN=CC(NC)=C(C)C. The summed E-state index contributed by atoms with van der Waals surface area (Å²) in [7, 11) is 3.66. The highest BCUT2D eigenvalue weighted by Gasteiger charge is 2.22. The Morgan fingerprint density at radius 3 is 1.98 bits per heavy atom. The molecule has 1 atom stereocenters. The minimum atomic E-state index is 0.716. The first-order valence-corrected chi connectivity index (χ1v) is 18.9. The zero-order chi connectivity index (χ0) is 38.0. The number of aliphatic imine (C=N–C) groups is 1. The molecule has 1 aliphatic rings. The van der Waals surface area contributed by atoms with Crippen LogP contribution < -0.4 is 5.32 Å². The molecule has 0 heterocycles. The number of hydrogen-bond acceptors (Lipinski definition) is 3. The van der Waals surface area contributed by atoms with Gasteiger partial charge in [-0.15, -0.1) is 0 Å². The Bertz CT molecular complexity index is 1140. The summed E-state index contributed by atoms with van der Waals surface area (Å²) in [6.07, 6.45) is 17.3. The van der Waals surface area contributed by atoms with Gasteiger partial charge in [-0.1, -0.05) is 147 Å². The number of benzene rings is 1. The number of carbonyl (C=O) groups excluding carboxylic acids is 1. The molecule has 49 heavy (non-hydrogen) atoms. The van der Waals surface area contributed by atoms with E-state index in [0.717, 1.165) is 29.4 Å². The third kappa shape index (κ3) is 26.2. The summed E-state index contributed by atoms with van der Waals surface area (Å²) in [5.41, 5.74) is 8.69. The summed E-state index contributed by atoms with van der Waals surface area (Å²) in [6.45, 7) is 29.1. The lowest BCUT2D eigenvalue weighted by molar-refractivity contribution is -0.106. The Balaban J connectivity index is -0.000000559. The maximum atomic E-state index is 8.81. The fourth-order valence-electron chi connectivity index (χ4n) is 5.49. The number of unbranched alkanes of at least 4 members (excludes halogenated alkanes) is 1. The molecule has 0 radical (unpaired) electrons. The largest absolute Gasteiger partial charge is 0.387 e. The first kappa shape index (κ1) is 50.0. The number of allylic oxidation sites excluding steroid dienone is 5. The number of aldehydes is 1. The van der Waals surface area contributed by atoms with Crippen molar-refractivity contribution < 1.29 is 4.79 Å². The number of hydrogen-bond donors (Lipinski definition) is 1. The van der Waals surface area contributed by atoms with Crippen LogP contribution in [0.4, 0.5) is 0 Å². The van der Waals surface area contributed by atoms with Crippen LogP contribution in [-0.4, -0.2) is 26.6 Å². The Hall–Kier alpha value is -3.38. The summed E-state index contributed by atoms with van der Waals surface area (Å²) in [5, 5.41) is 3.03. The third-order valence-electron chi connectivity index (χ3n) is 8.45. The van der Waals surface area contributed by atoms with E-state index in [1.165, 1.54) is 92.5 Å². The van der Waals surface area contributed by atoms with Crippen molar-refractivity contribution >= 4 is 18.1 Å². The van der Waals surface area contributed by atoms with Crippen molar-refractivity contribution in [2.24, 2.45) is 16.8 Å². The maximum Gasteiger partial charge on any atom is 0.116 e. The van der Waals surface area contributed by atoms with Gasteiger partial charge in [0.1, 0.15) is 6.29 Å². The molecule has 276 valence electrons. The third-order valence-corrected chi connectivity index (χ3v) is 8.45. The van der Waals surface area contributed by atoms with Gasteiger partial charge in [-0.25, -0.2) is 0 Å². The molecule has 0 amide bonds. The van der Waals surface area contributed by atoms with Crippen molar-refractivity contribution in [3.05, 3.63) is 101 Å². The molecule has 0 bridgehead atoms. The van der Waals surface area contributed by atoms with Crippen molar-refractivity contribution in [3.63, 3.8) is 0 Å². The molecule has 0 spiro atoms. The topological polar surface area (TPSA) is 41.5 Å². The van der Waals surface area contributed by atoms with Crippen molar-refractivity contribution in [3.8, 4) is 0 Å². The smallest absolute Gasteiger partial charge is 0.116 e. The van der Waals surface area contributed by atoms with Crippen molar-refractivity contribution in [1.29, 1.82) is 0 Å². The highest BCUT2D eigenvalue weighted by Crippen LogP contribution is 2.36. The number of rotatable bonds is 11. The van der Waals surface area contributed by atoms with Crippen LogP contribution in [0.2, 0.25) is 0 Å². The van der Waals surface area contributed by atoms with E-state index in [9.17, 15) is 0 Å². The van der Waals surface area contributed by atoms with Crippen LogP contribution in [0.3, 0.4) is 0 Å². The molecule has 1 N–H and O–H groups in total. The summed E-state index contributed by atoms with van der Waals surface area (Å²) in [6, 6.07) is 20.5. The van der Waals surface area contributed by atoms with Crippen LogP contribution in [0, 0.1) is 30.9 Å². The van der Waals surface area contributed by atoms with Gasteiger partial charge >= 0.3 is 0 Å². The normalized spacial score (nSPS) is 11.9. The second-order valence-corrected chi connectivity index (χ2v) is 12.8. The second kappa shape index (κ2) is 34.5. The number of nitrogens with one attached hydrogen (secondary N) is 1. The highest BCUT2D eigenvalue weighted by molar-refractivity contribution is 5.78. The Labute approximate surface area is 305 Å². The average molecular weight is 673 g/mol. The quantitative estimate of drug-likeness (QED) is 0.147. The Kier molecular flexibility index (Phi) is 35.2. The fraction of sp³-hybridized carbons (Fsp3) is 0.565. The van der Waals surface area contributed by atoms with E-state index < -0.39 is 0 Å². The van der Waals surface area contributed by atoms with Gasteiger partial charge in [0.05, 0.1) is 5.70 Å². The van der Waals surface area contributed by atoms with Crippen LogP contribution >= 0.6 is 0 Å². The Morgan fingerprint density at radius 1 is 1.02 bits per heavy atom. The van der Waals surface area contributed by atoms with Gasteiger partial charge in [-0.2, -0.15) is 0 Å². The van der Waals surface area contributed by atoms with Gasteiger partial charge in [-0.3, -0.25) is 4.99 Å². The molecule has 2 aromatic carbocycles. The summed E-state index contributed by atoms with van der Waals surface area (Å²) >= 11 is 0. The summed E-state index contributed by atoms with van der Waals surface area (Å²) < 4.78 is 0. The molecule has 0 aromatic heterocycles. The van der Waals surface area contributed by atoms with E-state index in [2.05, 4.69) is 114 Å². The monoisotopic (exact) mass is 673 g/mol. The van der Waals surface area contributed by atoms with Gasteiger partial charge in [0.25, 0.3) is 0 Å². The maximum absolute atomic E-state index is 8.81. The lowest BCUT2D eigenvalue weighted by atomic mass is 9.87. The molecule has 3 nitrogen and oxygen atoms in total. The van der Waals surface area contributed by atoms with Crippen molar-refractivity contribution in [1.82, 2.24) is 5.32 Å². The molecule has 1 aliphatic carbocycles. The molecule has 3 heteroatoms. The molecule has 1 unspecified atom stereocenters. The van der Waals surface area contributed by atoms with E-state index in [1.54, 1.807) is 7.05 Å². The van der Waals surface area contributed by atoms with E-state index in [-0.39, 0.29) is 0 Å². The molecular formula is C46H76N2O. The minimum absolute atomic E-state index is 0.716.